The maximum absolute atomic E-state index is 11.2. The molecule has 112 valence electrons. The number of nitrogens with one attached hydrogen (secondary N) is 1. The lowest BCUT2D eigenvalue weighted by Gasteiger charge is -2.04. The summed E-state index contributed by atoms with van der Waals surface area (Å²) >= 11 is 0. The Hall–Kier alpha value is -2.34. The molecule has 0 spiro atoms. The SMILES string of the molecule is NC(=O)CCCCNCc1c(C(=O)O)oc2ccccc12. The second kappa shape index (κ2) is 6.90. The number of nitrogens with two attached hydrogens (primary N) is 1. The van der Waals surface area contributed by atoms with Crippen LogP contribution in [0.2, 0.25) is 0 Å². The summed E-state index contributed by atoms with van der Waals surface area (Å²) in [6, 6.07) is 7.24. The van der Waals surface area contributed by atoms with Gasteiger partial charge in [0, 0.05) is 23.9 Å². The van der Waals surface area contributed by atoms with Crippen LogP contribution in [0.4, 0.5) is 0 Å². The molecule has 1 aromatic heterocycles. The summed E-state index contributed by atoms with van der Waals surface area (Å²) in [5.74, 6) is -1.40. The number of unbranched alkanes of at least 4 members (excludes halogenated alkanes) is 1. The van der Waals surface area contributed by atoms with Crippen molar-refractivity contribution in [3.63, 3.8) is 0 Å². The van der Waals surface area contributed by atoms with Crippen molar-refractivity contribution in [2.75, 3.05) is 6.54 Å². The highest BCUT2D eigenvalue weighted by Crippen LogP contribution is 2.25. The van der Waals surface area contributed by atoms with Gasteiger partial charge in [0.15, 0.2) is 0 Å². The van der Waals surface area contributed by atoms with Gasteiger partial charge in [0.25, 0.3) is 0 Å². The maximum Gasteiger partial charge on any atom is 0.372 e. The number of hydrogen-bond donors (Lipinski definition) is 3. The number of primary amides is 1. The first-order valence-electron chi connectivity index (χ1n) is 6.82. The van der Waals surface area contributed by atoms with Crippen molar-refractivity contribution in [3.05, 3.63) is 35.6 Å². The molecule has 2 aromatic rings. The molecule has 0 radical (unpaired) electrons. The number of carboxylic acid groups (broad SMARTS) is 1. The Morgan fingerprint density at radius 3 is 2.71 bits per heavy atom. The number of carbonyl (C=O) groups is 2. The summed E-state index contributed by atoms with van der Waals surface area (Å²) in [5.41, 5.74) is 6.28. The number of carboxylic acids is 1. The molecule has 0 aliphatic rings. The van der Waals surface area contributed by atoms with Crippen molar-refractivity contribution in [2.24, 2.45) is 5.73 Å². The van der Waals surface area contributed by atoms with Crippen LogP contribution in [0.5, 0.6) is 0 Å². The second-order valence-electron chi connectivity index (χ2n) is 4.81. The summed E-state index contributed by atoms with van der Waals surface area (Å²) in [7, 11) is 0. The van der Waals surface area contributed by atoms with Gasteiger partial charge in [-0.2, -0.15) is 0 Å². The Morgan fingerprint density at radius 1 is 1.24 bits per heavy atom. The number of fused-ring (bicyclic) bond motifs is 1. The zero-order valence-corrected chi connectivity index (χ0v) is 11.6. The molecule has 0 fully saturated rings. The number of hydrogen-bond acceptors (Lipinski definition) is 4. The van der Waals surface area contributed by atoms with Gasteiger partial charge in [-0.3, -0.25) is 4.79 Å². The molecule has 0 bridgehead atoms. The van der Waals surface area contributed by atoms with Crippen LogP contribution < -0.4 is 11.1 Å². The van der Waals surface area contributed by atoms with Crippen molar-refractivity contribution >= 4 is 22.8 Å². The van der Waals surface area contributed by atoms with Crippen LogP contribution in [0.15, 0.2) is 28.7 Å². The van der Waals surface area contributed by atoms with Gasteiger partial charge in [-0.1, -0.05) is 18.2 Å². The first-order valence-corrected chi connectivity index (χ1v) is 6.82. The lowest BCUT2D eigenvalue weighted by Crippen LogP contribution is -2.17. The quantitative estimate of drug-likeness (QED) is 0.644. The lowest BCUT2D eigenvalue weighted by molar-refractivity contribution is -0.118. The largest absolute Gasteiger partial charge is 0.475 e. The molecule has 0 atom stereocenters. The van der Waals surface area contributed by atoms with Crippen molar-refractivity contribution in [3.8, 4) is 0 Å². The van der Waals surface area contributed by atoms with Gasteiger partial charge in [-0.25, -0.2) is 4.79 Å². The Bertz CT molecular complexity index is 648. The van der Waals surface area contributed by atoms with E-state index >= 15 is 0 Å². The van der Waals surface area contributed by atoms with E-state index in [2.05, 4.69) is 5.32 Å². The molecular weight excluding hydrogens is 272 g/mol. The van der Waals surface area contributed by atoms with Crippen LogP contribution in [0.3, 0.4) is 0 Å². The van der Waals surface area contributed by atoms with Crippen molar-refractivity contribution in [1.82, 2.24) is 5.32 Å². The van der Waals surface area contributed by atoms with Crippen molar-refractivity contribution in [2.45, 2.75) is 25.8 Å². The third kappa shape index (κ3) is 3.82. The molecule has 1 aromatic carbocycles. The molecular formula is C15H18N2O4. The summed E-state index contributed by atoms with van der Waals surface area (Å²) in [6.45, 7) is 1.10. The summed E-state index contributed by atoms with van der Waals surface area (Å²) in [6.07, 6.45) is 1.90. The first-order chi connectivity index (χ1) is 10.1. The van der Waals surface area contributed by atoms with E-state index in [1.807, 2.05) is 12.1 Å². The number of furan rings is 1. The number of amides is 1. The molecule has 0 unspecified atom stereocenters. The van der Waals surface area contributed by atoms with E-state index in [9.17, 15) is 14.7 Å². The van der Waals surface area contributed by atoms with Crippen LogP contribution in [0, 0.1) is 0 Å². The second-order valence-corrected chi connectivity index (χ2v) is 4.81. The van der Waals surface area contributed by atoms with Crippen LogP contribution in [0.25, 0.3) is 11.0 Å². The standard InChI is InChI=1S/C15H18N2O4/c16-13(18)7-3-4-8-17-9-11-10-5-1-2-6-12(10)21-14(11)15(19)20/h1-2,5-6,17H,3-4,7-9H2,(H2,16,18)(H,19,20). The normalized spacial score (nSPS) is 10.9. The monoisotopic (exact) mass is 290 g/mol. The van der Waals surface area contributed by atoms with Gasteiger partial charge >= 0.3 is 5.97 Å². The number of para-hydroxylation sites is 1. The fourth-order valence-electron chi connectivity index (χ4n) is 2.21. The zero-order chi connectivity index (χ0) is 15.2. The number of carbonyl (C=O) groups excluding carboxylic acids is 1. The molecule has 1 heterocycles. The van der Waals surface area contributed by atoms with E-state index in [0.717, 1.165) is 18.2 Å². The van der Waals surface area contributed by atoms with Crippen LogP contribution in [-0.4, -0.2) is 23.5 Å². The molecule has 6 heteroatoms. The average Bonchev–Trinajstić information content (AvgIpc) is 2.81. The summed E-state index contributed by atoms with van der Waals surface area (Å²) in [4.78, 5) is 21.8. The van der Waals surface area contributed by atoms with Crippen LogP contribution >= 0.6 is 0 Å². The topological polar surface area (TPSA) is 106 Å². The van der Waals surface area contributed by atoms with Crippen LogP contribution in [0.1, 0.15) is 35.4 Å². The predicted octanol–water partition coefficient (Wildman–Crippen LogP) is 1.88. The van der Waals surface area contributed by atoms with Crippen molar-refractivity contribution < 1.29 is 19.1 Å². The zero-order valence-electron chi connectivity index (χ0n) is 11.6. The highest BCUT2D eigenvalue weighted by molar-refractivity contribution is 5.95. The predicted molar refractivity (Wildman–Crippen MR) is 77.9 cm³/mol. The minimum Gasteiger partial charge on any atom is -0.475 e. The summed E-state index contributed by atoms with van der Waals surface area (Å²) in [5, 5.41) is 13.2. The third-order valence-corrected chi connectivity index (χ3v) is 3.22. The molecule has 21 heavy (non-hydrogen) atoms. The summed E-state index contributed by atoms with van der Waals surface area (Å²) < 4.78 is 5.37. The van der Waals surface area contributed by atoms with E-state index in [4.69, 9.17) is 10.2 Å². The fourth-order valence-corrected chi connectivity index (χ4v) is 2.21. The molecule has 0 aliphatic carbocycles. The Balaban J connectivity index is 1.99. The van der Waals surface area contributed by atoms with Gasteiger partial charge in [0.2, 0.25) is 11.7 Å². The van der Waals surface area contributed by atoms with E-state index in [1.54, 1.807) is 12.1 Å². The number of aromatic carboxylic acids is 1. The minimum atomic E-state index is -1.07. The Labute approximate surface area is 121 Å². The third-order valence-electron chi connectivity index (χ3n) is 3.22. The molecule has 0 aliphatic heterocycles. The van der Waals surface area contributed by atoms with Gasteiger partial charge in [-0.05, 0) is 25.5 Å². The molecule has 6 nitrogen and oxygen atoms in total. The van der Waals surface area contributed by atoms with Gasteiger partial charge in [0.05, 0.1) is 0 Å². The average molecular weight is 290 g/mol. The van der Waals surface area contributed by atoms with Gasteiger partial charge in [-0.15, -0.1) is 0 Å². The molecule has 0 saturated heterocycles. The Kier molecular flexibility index (Phi) is 4.94. The van der Waals surface area contributed by atoms with Crippen molar-refractivity contribution in [1.29, 1.82) is 0 Å². The van der Waals surface area contributed by atoms with E-state index in [-0.39, 0.29) is 11.7 Å². The number of benzene rings is 1. The van der Waals surface area contributed by atoms with E-state index in [0.29, 0.717) is 30.7 Å². The highest BCUT2D eigenvalue weighted by Gasteiger charge is 2.18. The molecule has 2 rings (SSSR count). The fraction of sp³-hybridized carbons (Fsp3) is 0.333. The first kappa shape index (κ1) is 15.1. The maximum atomic E-state index is 11.2. The minimum absolute atomic E-state index is 0.0270. The van der Waals surface area contributed by atoms with E-state index < -0.39 is 5.97 Å². The molecule has 0 saturated carbocycles. The highest BCUT2D eigenvalue weighted by atomic mass is 16.4. The molecule has 4 N–H and O–H groups in total. The van der Waals surface area contributed by atoms with Gasteiger partial charge in [0.1, 0.15) is 5.58 Å². The Morgan fingerprint density at radius 2 is 2.00 bits per heavy atom. The van der Waals surface area contributed by atoms with Gasteiger partial charge < -0.3 is 20.6 Å². The van der Waals surface area contributed by atoms with Crippen LogP contribution in [-0.2, 0) is 11.3 Å². The van der Waals surface area contributed by atoms with E-state index in [1.165, 1.54) is 0 Å². The number of rotatable bonds is 8. The molecule has 1 amide bonds. The smallest absolute Gasteiger partial charge is 0.372 e. The lowest BCUT2D eigenvalue weighted by atomic mass is 10.1.